The van der Waals surface area contributed by atoms with Crippen molar-refractivity contribution in [2.24, 2.45) is 0 Å². The molecule has 1 aromatic carbocycles. The van der Waals surface area contributed by atoms with Crippen molar-refractivity contribution in [2.75, 3.05) is 12.3 Å². The van der Waals surface area contributed by atoms with Crippen LogP contribution in [0.2, 0.25) is 0 Å². The average Bonchev–Trinajstić information content (AvgIpc) is 2.17. The molecule has 1 aromatic rings. The summed E-state index contributed by atoms with van der Waals surface area (Å²) in [5, 5.41) is 10.5. The van der Waals surface area contributed by atoms with Crippen LogP contribution in [0, 0.1) is 10.1 Å². The Balaban J connectivity index is 3.33. The third-order valence-corrected chi connectivity index (χ3v) is 3.43. The first kappa shape index (κ1) is 12.4. The van der Waals surface area contributed by atoms with Crippen molar-refractivity contribution in [1.82, 2.24) is 4.72 Å². The van der Waals surface area contributed by atoms with Crippen LogP contribution in [0.4, 0.5) is 11.4 Å². The minimum atomic E-state index is -3.78. The van der Waals surface area contributed by atoms with Gasteiger partial charge in [-0.25, -0.2) is 13.1 Å². The molecule has 0 amide bonds. The van der Waals surface area contributed by atoms with Crippen molar-refractivity contribution in [3.8, 4) is 0 Å². The lowest BCUT2D eigenvalue weighted by atomic mass is 10.3. The van der Waals surface area contributed by atoms with E-state index in [4.69, 9.17) is 5.73 Å². The SMILES string of the molecule is CCNS(=O)(=O)c1cc([N+](=O)[O-])ccc1N. The maximum atomic E-state index is 11.6. The molecule has 0 aliphatic carbocycles. The van der Waals surface area contributed by atoms with Crippen molar-refractivity contribution in [3.63, 3.8) is 0 Å². The molecule has 0 saturated carbocycles. The molecule has 0 aliphatic heterocycles. The normalized spacial score (nSPS) is 11.3. The Morgan fingerprint density at radius 3 is 2.62 bits per heavy atom. The molecule has 0 unspecified atom stereocenters. The Labute approximate surface area is 92.5 Å². The maximum Gasteiger partial charge on any atom is 0.270 e. The number of anilines is 1. The van der Waals surface area contributed by atoms with Crippen LogP contribution in [0.3, 0.4) is 0 Å². The molecule has 0 radical (unpaired) electrons. The number of non-ortho nitro benzene ring substituents is 1. The molecule has 7 nitrogen and oxygen atoms in total. The average molecular weight is 245 g/mol. The van der Waals surface area contributed by atoms with E-state index < -0.39 is 14.9 Å². The zero-order valence-corrected chi connectivity index (χ0v) is 9.32. The van der Waals surface area contributed by atoms with E-state index in [2.05, 4.69) is 4.72 Å². The molecule has 1 rings (SSSR count). The summed E-state index contributed by atoms with van der Waals surface area (Å²) < 4.78 is 25.4. The maximum absolute atomic E-state index is 11.6. The van der Waals surface area contributed by atoms with Gasteiger partial charge in [-0.05, 0) is 6.07 Å². The molecule has 0 saturated heterocycles. The lowest BCUT2D eigenvalue weighted by molar-refractivity contribution is -0.385. The number of nitro benzene ring substituents is 1. The van der Waals surface area contributed by atoms with Gasteiger partial charge in [-0.1, -0.05) is 6.92 Å². The number of nitrogens with one attached hydrogen (secondary N) is 1. The second-order valence-corrected chi connectivity index (χ2v) is 4.72. The van der Waals surface area contributed by atoms with Gasteiger partial charge in [0, 0.05) is 18.7 Å². The number of nitro groups is 1. The van der Waals surface area contributed by atoms with Gasteiger partial charge >= 0.3 is 0 Å². The number of nitrogens with two attached hydrogens (primary N) is 1. The topological polar surface area (TPSA) is 115 Å². The first-order chi connectivity index (χ1) is 7.38. The van der Waals surface area contributed by atoms with Crippen LogP contribution < -0.4 is 10.5 Å². The molecular weight excluding hydrogens is 234 g/mol. The smallest absolute Gasteiger partial charge is 0.270 e. The largest absolute Gasteiger partial charge is 0.398 e. The van der Waals surface area contributed by atoms with Crippen LogP contribution in [0.5, 0.6) is 0 Å². The molecule has 88 valence electrons. The minimum absolute atomic E-state index is 0.0217. The van der Waals surface area contributed by atoms with Crippen LogP contribution in [0.15, 0.2) is 23.1 Å². The fraction of sp³-hybridized carbons (Fsp3) is 0.250. The van der Waals surface area contributed by atoms with Crippen molar-refractivity contribution in [1.29, 1.82) is 0 Å². The van der Waals surface area contributed by atoms with E-state index in [9.17, 15) is 18.5 Å². The summed E-state index contributed by atoms with van der Waals surface area (Å²) in [5.41, 5.74) is 5.13. The van der Waals surface area contributed by atoms with E-state index in [-0.39, 0.29) is 22.8 Å². The van der Waals surface area contributed by atoms with Gasteiger partial charge in [-0.2, -0.15) is 0 Å². The van der Waals surface area contributed by atoms with E-state index in [1.54, 1.807) is 6.92 Å². The number of hydrogen-bond acceptors (Lipinski definition) is 5. The van der Waals surface area contributed by atoms with E-state index in [1.807, 2.05) is 0 Å². The van der Waals surface area contributed by atoms with Crippen LogP contribution >= 0.6 is 0 Å². The molecule has 0 fully saturated rings. The highest BCUT2D eigenvalue weighted by Gasteiger charge is 2.19. The quantitative estimate of drug-likeness (QED) is 0.454. The summed E-state index contributed by atoms with van der Waals surface area (Å²) >= 11 is 0. The van der Waals surface area contributed by atoms with Crippen molar-refractivity contribution in [2.45, 2.75) is 11.8 Å². The minimum Gasteiger partial charge on any atom is -0.398 e. The van der Waals surface area contributed by atoms with Gasteiger partial charge in [0.15, 0.2) is 0 Å². The summed E-state index contributed by atoms with van der Waals surface area (Å²) in [6, 6.07) is 3.29. The first-order valence-corrected chi connectivity index (χ1v) is 5.90. The van der Waals surface area contributed by atoms with Crippen LogP contribution in [-0.2, 0) is 10.0 Å². The Morgan fingerprint density at radius 2 is 2.12 bits per heavy atom. The third-order valence-electron chi connectivity index (χ3n) is 1.83. The molecule has 0 aromatic heterocycles. The molecule has 0 heterocycles. The molecule has 0 bridgehead atoms. The highest BCUT2D eigenvalue weighted by molar-refractivity contribution is 7.89. The fourth-order valence-corrected chi connectivity index (χ4v) is 2.33. The Bertz CT molecular complexity index is 512. The summed E-state index contributed by atoms with van der Waals surface area (Å²) in [5.74, 6) is 0. The summed E-state index contributed by atoms with van der Waals surface area (Å²) in [7, 11) is -3.78. The zero-order valence-electron chi connectivity index (χ0n) is 8.50. The summed E-state index contributed by atoms with van der Waals surface area (Å²) in [6.45, 7) is 1.79. The first-order valence-electron chi connectivity index (χ1n) is 4.42. The van der Waals surface area contributed by atoms with Crippen molar-refractivity contribution in [3.05, 3.63) is 28.3 Å². The molecule has 0 spiro atoms. The predicted molar refractivity (Wildman–Crippen MR) is 58.4 cm³/mol. The Morgan fingerprint density at radius 1 is 1.50 bits per heavy atom. The van der Waals surface area contributed by atoms with Gasteiger partial charge in [0.25, 0.3) is 5.69 Å². The summed E-state index contributed by atoms with van der Waals surface area (Å²) in [4.78, 5) is 9.55. The van der Waals surface area contributed by atoms with E-state index in [0.717, 1.165) is 12.1 Å². The van der Waals surface area contributed by atoms with Gasteiger partial charge in [0.1, 0.15) is 4.90 Å². The number of rotatable bonds is 4. The standard InChI is InChI=1S/C8H11N3O4S/c1-2-10-16(14,15)8-5-6(11(12)13)3-4-7(8)9/h3-5,10H,2,9H2,1H3. The van der Waals surface area contributed by atoms with E-state index in [0.29, 0.717) is 0 Å². The van der Waals surface area contributed by atoms with E-state index in [1.165, 1.54) is 6.07 Å². The molecule has 0 aliphatic rings. The van der Waals surface area contributed by atoms with Gasteiger partial charge in [-0.15, -0.1) is 0 Å². The second kappa shape index (κ2) is 4.45. The number of benzene rings is 1. The number of hydrogen-bond donors (Lipinski definition) is 2. The monoisotopic (exact) mass is 245 g/mol. The predicted octanol–water partition coefficient (Wildman–Crippen LogP) is 0.475. The van der Waals surface area contributed by atoms with Crippen LogP contribution in [0.1, 0.15) is 6.92 Å². The Hall–Kier alpha value is -1.67. The van der Waals surface area contributed by atoms with Crippen molar-refractivity contribution < 1.29 is 13.3 Å². The molecule has 0 atom stereocenters. The van der Waals surface area contributed by atoms with Gasteiger partial charge in [0.05, 0.1) is 10.6 Å². The van der Waals surface area contributed by atoms with Gasteiger partial charge in [0.2, 0.25) is 10.0 Å². The lowest BCUT2D eigenvalue weighted by Gasteiger charge is -2.06. The summed E-state index contributed by atoms with van der Waals surface area (Å²) in [6.07, 6.45) is 0. The van der Waals surface area contributed by atoms with Gasteiger partial charge in [-0.3, -0.25) is 10.1 Å². The molecule has 8 heteroatoms. The number of nitrogen functional groups attached to an aromatic ring is 1. The van der Waals surface area contributed by atoms with Crippen LogP contribution in [0.25, 0.3) is 0 Å². The van der Waals surface area contributed by atoms with Crippen molar-refractivity contribution >= 4 is 21.4 Å². The highest BCUT2D eigenvalue weighted by Crippen LogP contribution is 2.23. The zero-order chi connectivity index (χ0) is 12.3. The molecular formula is C8H11N3O4S. The lowest BCUT2D eigenvalue weighted by Crippen LogP contribution is -2.24. The second-order valence-electron chi connectivity index (χ2n) is 2.98. The Kier molecular flexibility index (Phi) is 3.45. The number of nitrogens with zero attached hydrogens (tertiary/aromatic N) is 1. The van der Waals surface area contributed by atoms with E-state index >= 15 is 0 Å². The molecule has 3 N–H and O–H groups in total. The van der Waals surface area contributed by atoms with Gasteiger partial charge < -0.3 is 5.73 Å². The highest BCUT2D eigenvalue weighted by atomic mass is 32.2. The number of sulfonamides is 1. The third kappa shape index (κ3) is 2.47. The fourth-order valence-electron chi connectivity index (χ4n) is 1.14. The van der Waals surface area contributed by atoms with Crippen LogP contribution in [-0.4, -0.2) is 19.9 Å². The molecule has 16 heavy (non-hydrogen) atoms.